The first-order chi connectivity index (χ1) is 14.7. The van der Waals surface area contributed by atoms with Gasteiger partial charge in [-0.3, -0.25) is 10.00 Å². The van der Waals surface area contributed by atoms with E-state index >= 15 is 0 Å². The van der Waals surface area contributed by atoms with Crippen LogP contribution in [0.2, 0.25) is 0 Å². The molecule has 0 spiro atoms. The van der Waals surface area contributed by atoms with Crippen LogP contribution in [0.3, 0.4) is 0 Å². The molecule has 30 heavy (non-hydrogen) atoms. The van der Waals surface area contributed by atoms with Crippen molar-refractivity contribution in [2.45, 2.75) is 57.2 Å². The van der Waals surface area contributed by atoms with Crippen LogP contribution in [-0.4, -0.2) is 59.7 Å². The van der Waals surface area contributed by atoms with Crippen LogP contribution in [0, 0.1) is 18.3 Å². The Morgan fingerprint density at radius 3 is 2.73 bits per heavy atom. The summed E-state index contributed by atoms with van der Waals surface area (Å²) in [5.74, 6) is 1.79. The van der Waals surface area contributed by atoms with Crippen molar-refractivity contribution in [2.75, 3.05) is 17.2 Å². The molecule has 3 aromatic heterocycles. The third kappa shape index (κ3) is 3.64. The maximum absolute atomic E-state index is 8.94. The van der Waals surface area contributed by atoms with E-state index in [-0.39, 0.29) is 0 Å². The van der Waals surface area contributed by atoms with Crippen LogP contribution in [0.15, 0.2) is 18.5 Å². The number of hydrogen-bond acceptors (Lipinski definition) is 9. The van der Waals surface area contributed by atoms with Gasteiger partial charge in [-0.25, -0.2) is 9.97 Å². The second-order valence-corrected chi connectivity index (χ2v) is 8.03. The number of rotatable bonds is 6. The monoisotopic (exact) mass is 404 g/mol. The second kappa shape index (κ2) is 7.84. The summed E-state index contributed by atoms with van der Waals surface area (Å²) in [6, 6.07) is 5.53. The van der Waals surface area contributed by atoms with Crippen LogP contribution in [-0.2, 0) is 0 Å². The first kappa shape index (κ1) is 18.7. The number of H-pyrrole nitrogens is 1. The topological polar surface area (TPSA) is 131 Å². The molecule has 0 saturated carbocycles. The second-order valence-electron chi connectivity index (χ2n) is 8.03. The molecule has 0 radical (unpaired) electrons. The smallest absolute Gasteiger partial charge is 0.232 e. The molecule has 2 bridgehead atoms. The van der Waals surface area contributed by atoms with E-state index in [2.05, 4.69) is 46.8 Å². The lowest BCUT2D eigenvalue weighted by atomic mass is 9.97. The molecule has 5 rings (SSSR count). The van der Waals surface area contributed by atoms with Crippen molar-refractivity contribution in [3.05, 3.63) is 24.2 Å². The highest BCUT2D eigenvalue weighted by molar-refractivity contribution is 5.83. The van der Waals surface area contributed by atoms with Crippen LogP contribution in [0.1, 0.15) is 37.8 Å². The van der Waals surface area contributed by atoms with Crippen molar-refractivity contribution in [3.8, 4) is 6.07 Å². The Morgan fingerprint density at radius 1 is 1.20 bits per heavy atom. The molecule has 0 aromatic carbocycles. The lowest BCUT2D eigenvalue weighted by Gasteiger charge is -2.39. The minimum absolute atomic E-state index is 0.307. The van der Waals surface area contributed by atoms with Crippen LogP contribution in [0.4, 0.5) is 17.6 Å². The molecule has 3 aromatic rings. The van der Waals surface area contributed by atoms with Crippen molar-refractivity contribution in [1.29, 1.82) is 5.26 Å². The minimum atomic E-state index is 0.307. The maximum Gasteiger partial charge on any atom is 0.232 e. The van der Waals surface area contributed by atoms with E-state index in [0.717, 1.165) is 25.1 Å². The average molecular weight is 404 g/mol. The maximum atomic E-state index is 8.94. The zero-order valence-corrected chi connectivity index (χ0v) is 16.8. The van der Waals surface area contributed by atoms with Gasteiger partial charge in [-0.2, -0.15) is 20.3 Å². The van der Waals surface area contributed by atoms with E-state index in [1.807, 2.05) is 13.0 Å². The van der Waals surface area contributed by atoms with Gasteiger partial charge in [-0.15, -0.1) is 0 Å². The quantitative estimate of drug-likeness (QED) is 0.567. The number of nitriles is 1. The molecule has 154 valence electrons. The molecule has 10 nitrogen and oxygen atoms in total. The van der Waals surface area contributed by atoms with E-state index < -0.39 is 0 Å². The van der Waals surface area contributed by atoms with Gasteiger partial charge < -0.3 is 10.6 Å². The molecule has 0 aliphatic carbocycles. The van der Waals surface area contributed by atoms with Gasteiger partial charge >= 0.3 is 0 Å². The summed E-state index contributed by atoms with van der Waals surface area (Å²) in [7, 11) is 0. The van der Waals surface area contributed by atoms with Crippen molar-refractivity contribution in [2.24, 2.45) is 0 Å². The van der Waals surface area contributed by atoms with E-state index in [0.29, 0.717) is 53.3 Å². The number of hydrogen-bond donors (Lipinski definition) is 3. The molecule has 2 fully saturated rings. The molecule has 2 aliphatic rings. The highest BCUT2D eigenvalue weighted by atomic mass is 15.3. The summed E-state index contributed by atoms with van der Waals surface area (Å²) in [5, 5.41) is 22.8. The molecule has 10 heteroatoms. The van der Waals surface area contributed by atoms with Crippen LogP contribution < -0.4 is 10.6 Å². The summed E-state index contributed by atoms with van der Waals surface area (Å²) in [4.78, 5) is 20.5. The molecule has 2 aliphatic heterocycles. The number of fused-ring (bicyclic) bond motifs is 3. The van der Waals surface area contributed by atoms with Crippen molar-refractivity contribution in [3.63, 3.8) is 0 Å². The van der Waals surface area contributed by atoms with Gasteiger partial charge in [0.1, 0.15) is 0 Å². The number of nitrogens with one attached hydrogen (secondary N) is 3. The number of anilines is 3. The van der Waals surface area contributed by atoms with Gasteiger partial charge in [0.2, 0.25) is 5.95 Å². The molecule has 3 N–H and O–H groups in total. The Labute approximate surface area is 174 Å². The summed E-state index contributed by atoms with van der Waals surface area (Å²) in [5.41, 5.74) is 2.16. The molecule has 3 atom stereocenters. The van der Waals surface area contributed by atoms with Crippen molar-refractivity contribution in [1.82, 2.24) is 35.0 Å². The Balaban J connectivity index is 1.38. The molecule has 2 saturated heterocycles. The van der Waals surface area contributed by atoms with Gasteiger partial charge in [-0.05, 0) is 32.6 Å². The zero-order valence-electron chi connectivity index (χ0n) is 16.8. The highest BCUT2D eigenvalue weighted by Crippen LogP contribution is 2.37. The van der Waals surface area contributed by atoms with Gasteiger partial charge in [0.15, 0.2) is 22.8 Å². The Hall–Kier alpha value is -3.32. The van der Waals surface area contributed by atoms with Crippen LogP contribution in [0.25, 0.3) is 11.2 Å². The number of piperidine rings is 1. The molecular formula is C20H24N10. The van der Waals surface area contributed by atoms with Gasteiger partial charge in [0.25, 0.3) is 0 Å². The number of aryl methyl sites for hydroxylation is 1. The third-order valence-electron chi connectivity index (χ3n) is 5.99. The summed E-state index contributed by atoms with van der Waals surface area (Å²) in [6.45, 7) is 2.81. The predicted octanol–water partition coefficient (Wildman–Crippen LogP) is 2.52. The predicted molar refractivity (Wildman–Crippen MR) is 112 cm³/mol. The fourth-order valence-electron chi connectivity index (χ4n) is 4.75. The molecule has 0 unspecified atom stereocenters. The number of nitrogens with zero attached hydrogens (tertiary/aromatic N) is 7. The molecule has 0 amide bonds. The van der Waals surface area contributed by atoms with E-state index in [4.69, 9.17) is 10.2 Å². The van der Waals surface area contributed by atoms with E-state index in [9.17, 15) is 0 Å². The van der Waals surface area contributed by atoms with Gasteiger partial charge in [0.05, 0.1) is 6.07 Å². The summed E-state index contributed by atoms with van der Waals surface area (Å²) in [6.07, 6.45) is 8.36. The Kier molecular flexibility index (Phi) is 4.88. The Bertz CT molecular complexity index is 1070. The fourth-order valence-corrected chi connectivity index (χ4v) is 4.75. The largest absolute Gasteiger partial charge is 0.365 e. The van der Waals surface area contributed by atoms with Crippen molar-refractivity contribution < 1.29 is 0 Å². The average Bonchev–Trinajstić information content (AvgIpc) is 3.25. The minimum Gasteiger partial charge on any atom is -0.365 e. The Morgan fingerprint density at radius 2 is 2.00 bits per heavy atom. The van der Waals surface area contributed by atoms with Crippen LogP contribution >= 0.6 is 0 Å². The highest BCUT2D eigenvalue weighted by Gasteiger charge is 2.40. The first-order valence-corrected chi connectivity index (χ1v) is 10.4. The molecular weight excluding hydrogens is 380 g/mol. The lowest BCUT2D eigenvalue weighted by molar-refractivity contribution is 0.136. The summed E-state index contributed by atoms with van der Waals surface area (Å²) < 4.78 is 0. The summed E-state index contributed by atoms with van der Waals surface area (Å²) >= 11 is 0. The SMILES string of the molecule is Cc1cc(Nc2nc(N[C@@H]3C[C@H]4CC[C@@H](C3)N4CCC#N)c3nccnc3n2)n[nH]1. The standard InChI is InChI=1S/C20H24N10/c1-12-9-16(29-28-12)25-20-26-18-17(22-6-7-23-18)19(27-20)24-13-10-14-3-4-15(11-13)30(14)8-2-5-21/h6-7,9,13-15H,2-4,8,10-11H2,1H3,(H3,23,24,25,26,27,28,29)/t13-,14-,15+. The van der Waals surface area contributed by atoms with E-state index in [1.165, 1.54) is 12.8 Å². The normalized spacial score (nSPS) is 23.4. The van der Waals surface area contributed by atoms with Gasteiger partial charge in [-0.1, -0.05) is 0 Å². The first-order valence-electron chi connectivity index (χ1n) is 10.4. The van der Waals surface area contributed by atoms with E-state index in [1.54, 1.807) is 12.4 Å². The van der Waals surface area contributed by atoms with Gasteiger partial charge in [0, 0.05) is 55.2 Å². The number of aromatic nitrogens is 6. The molecule has 5 heterocycles. The van der Waals surface area contributed by atoms with Crippen molar-refractivity contribution >= 4 is 28.7 Å². The fraction of sp³-hybridized carbons (Fsp3) is 0.500. The lowest BCUT2D eigenvalue weighted by Crippen LogP contribution is -2.47. The van der Waals surface area contributed by atoms with Crippen LogP contribution in [0.5, 0.6) is 0 Å². The zero-order chi connectivity index (χ0) is 20.5. The number of aromatic amines is 1. The third-order valence-corrected chi connectivity index (χ3v) is 5.99.